The van der Waals surface area contributed by atoms with Crippen LogP contribution in [0.4, 0.5) is 36.4 Å². The van der Waals surface area contributed by atoms with Gasteiger partial charge in [0.1, 0.15) is 42.0 Å². The maximum Gasteiger partial charge on any atom is 0.415 e. The standard InChI is InChI=1S/C63H70ClN11O16/c1-36(2)56(71-61(84)89-27-26-88-25-24-74-52(78)19-20-53(74)79)48(77)29-39(8-7-21-66-60(65)83)58(81)68-42-15-11-37(12-16-42)35-90-62(85)72(3)22-23-73(4)63(86)91-50-31-47-54(55-44(50)9-6-10-49(55)87-5)41(32-64)34-75(47)59(82)45-28-40-30-51(67-33-46(40)69-45)70-57(80)38-13-17-43(76)18-14-38/h6,9-20,28,30-31,33,36,39,41,56,69,76H,7-8,21-27,29,32,34-35H2,1-5H3,(H,68,81)(H,71,84)(H3,65,66,83)(H,67,70,80)/t39-,41-,56+/m1/s1. The summed E-state index contributed by atoms with van der Waals surface area (Å²) in [4.78, 5) is 142. The van der Waals surface area contributed by atoms with Gasteiger partial charge in [0.15, 0.2) is 5.78 Å². The van der Waals surface area contributed by atoms with E-state index in [0.717, 1.165) is 22.6 Å². The van der Waals surface area contributed by atoms with Gasteiger partial charge in [-0.25, -0.2) is 24.2 Å². The van der Waals surface area contributed by atoms with Gasteiger partial charge in [-0.1, -0.05) is 38.1 Å². The number of ether oxygens (including phenoxy) is 5. The summed E-state index contributed by atoms with van der Waals surface area (Å²) in [6, 6.07) is 20.6. The molecular weight excluding hydrogens is 1200 g/mol. The van der Waals surface area contributed by atoms with E-state index < -0.39 is 77.5 Å². The van der Waals surface area contributed by atoms with E-state index in [1.165, 1.54) is 61.5 Å². The first-order valence-electron chi connectivity index (χ1n) is 29.0. The molecular formula is C63H70ClN11O16. The van der Waals surface area contributed by atoms with E-state index in [2.05, 4.69) is 31.2 Å². The van der Waals surface area contributed by atoms with Crippen molar-refractivity contribution in [3.63, 3.8) is 0 Å². The Morgan fingerprint density at radius 1 is 0.857 bits per heavy atom. The number of phenolic OH excluding ortho intramolecular Hbond substituents is 1. The highest BCUT2D eigenvalue weighted by molar-refractivity contribution is 6.20. The average Bonchev–Trinajstić information content (AvgIpc) is 1.66. The second-order valence-corrected chi connectivity index (χ2v) is 22.1. The Kier molecular flexibility index (Phi) is 22.5. The van der Waals surface area contributed by atoms with Gasteiger partial charge in [-0.05, 0) is 84.5 Å². The number of aromatic nitrogens is 2. The van der Waals surface area contributed by atoms with Crippen molar-refractivity contribution in [1.29, 1.82) is 0 Å². The van der Waals surface area contributed by atoms with E-state index in [9.17, 15) is 53.1 Å². The van der Waals surface area contributed by atoms with Gasteiger partial charge in [0.25, 0.3) is 23.6 Å². The predicted molar refractivity (Wildman–Crippen MR) is 334 cm³/mol. The van der Waals surface area contributed by atoms with Gasteiger partial charge in [0, 0.05) is 110 Å². The molecule has 0 fully saturated rings. The fourth-order valence-corrected chi connectivity index (χ4v) is 10.4. The third-order valence-electron chi connectivity index (χ3n) is 15.1. The molecule has 0 radical (unpaired) electrons. The second kappa shape index (κ2) is 30.8. The number of carbonyl (C=O) groups excluding carboxylic acids is 10. The first-order chi connectivity index (χ1) is 43.6. The minimum absolute atomic E-state index is 0.0162. The lowest BCUT2D eigenvalue weighted by Crippen LogP contribution is -2.46. The molecule has 2 aromatic heterocycles. The van der Waals surface area contributed by atoms with E-state index in [1.807, 2.05) is 0 Å². The number of imide groups is 1. The molecule has 0 unspecified atom stereocenters. The molecule has 6 aromatic rings. The number of Topliss-reactive ketones (excluding diaryl/α,β-unsaturated/α-hetero) is 1. The van der Waals surface area contributed by atoms with Gasteiger partial charge in [-0.2, -0.15) is 0 Å². The number of ketones is 1. The van der Waals surface area contributed by atoms with Crippen LogP contribution in [0.2, 0.25) is 0 Å². The van der Waals surface area contributed by atoms with Crippen molar-refractivity contribution in [3.8, 4) is 17.2 Å². The summed E-state index contributed by atoms with van der Waals surface area (Å²) in [7, 11) is 4.51. The number of hydrogen-bond donors (Lipinski definition) is 7. The summed E-state index contributed by atoms with van der Waals surface area (Å²) in [5.74, 6) is -3.36. The summed E-state index contributed by atoms with van der Waals surface area (Å²) in [6.45, 7) is 3.47. The Bertz CT molecular complexity index is 3730. The van der Waals surface area contributed by atoms with Gasteiger partial charge in [0.2, 0.25) is 5.91 Å². The number of amides is 10. The molecule has 91 heavy (non-hydrogen) atoms. The van der Waals surface area contributed by atoms with Crippen LogP contribution in [0.15, 0.2) is 103 Å². The molecule has 27 nitrogen and oxygen atoms in total. The molecule has 4 heterocycles. The third-order valence-corrected chi connectivity index (χ3v) is 15.5. The normalized spacial score (nSPS) is 14.0. The summed E-state index contributed by atoms with van der Waals surface area (Å²) in [5.41, 5.74) is 8.38. The quantitative estimate of drug-likeness (QED) is 0.0147. The van der Waals surface area contributed by atoms with Crippen molar-refractivity contribution in [2.75, 3.05) is 95.2 Å². The summed E-state index contributed by atoms with van der Waals surface area (Å²) >= 11 is 6.61. The molecule has 480 valence electrons. The molecule has 0 saturated carbocycles. The molecule has 0 spiro atoms. The summed E-state index contributed by atoms with van der Waals surface area (Å²) in [5, 5.41) is 21.9. The van der Waals surface area contributed by atoms with Crippen molar-refractivity contribution < 1.29 is 76.7 Å². The minimum Gasteiger partial charge on any atom is -0.508 e. The third kappa shape index (κ3) is 17.1. The molecule has 0 bridgehead atoms. The Balaban J connectivity index is 0.834. The molecule has 3 atom stereocenters. The largest absolute Gasteiger partial charge is 0.508 e. The smallest absolute Gasteiger partial charge is 0.415 e. The Morgan fingerprint density at radius 2 is 1.57 bits per heavy atom. The zero-order chi connectivity index (χ0) is 65.5. The fraction of sp³-hybridized carbons (Fsp3) is 0.349. The number of anilines is 3. The summed E-state index contributed by atoms with van der Waals surface area (Å²) in [6.07, 6.45) is 1.64. The monoisotopic (exact) mass is 1270 g/mol. The number of likely N-dealkylation sites (N-methyl/N-ethyl adjacent to an activating group) is 2. The maximum atomic E-state index is 14.5. The Labute approximate surface area is 527 Å². The minimum atomic E-state index is -1.03. The van der Waals surface area contributed by atoms with Crippen molar-refractivity contribution in [3.05, 3.63) is 126 Å². The molecule has 8 rings (SSSR count). The van der Waals surface area contributed by atoms with Crippen molar-refractivity contribution in [2.24, 2.45) is 17.6 Å². The van der Waals surface area contributed by atoms with Gasteiger partial charge >= 0.3 is 24.3 Å². The van der Waals surface area contributed by atoms with Crippen LogP contribution in [0.3, 0.4) is 0 Å². The van der Waals surface area contributed by atoms with Crippen LogP contribution in [-0.4, -0.2) is 175 Å². The number of pyridine rings is 1. The number of benzene rings is 4. The number of H-pyrrole nitrogens is 1. The van der Waals surface area contributed by atoms with E-state index >= 15 is 0 Å². The number of phenols is 1. The van der Waals surface area contributed by atoms with Gasteiger partial charge in [0.05, 0.1) is 50.3 Å². The van der Waals surface area contributed by atoms with E-state index in [0.29, 0.717) is 56.3 Å². The highest BCUT2D eigenvalue weighted by Gasteiger charge is 2.38. The number of fused-ring (bicyclic) bond motifs is 4. The average molecular weight is 1270 g/mol. The van der Waals surface area contributed by atoms with Crippen LogP contribution in [0.5, 0.6) is 17.2 Å². The second-order valence-electron chi connectivity index (χ2n) is 21.8. The molecule has 8 N–H and O–H groups in total. The van der Waals surface area contributed by atoms with Gasteiger partial charge in [-0.15, -0.1) is 11.6 Å². The lowest BCUT2D eigenvalue weighted by molar-refractivity contribution is -0.137. The number of nitrogens with two attached hydrogens (primary N) is 1. The Morgan fingerprint density at radius 3 is 2.25 bits per heavy atom. The van der Waals surface area contributed by atoms with Crippen LogP contribution in [0, 0.1) is 11.8 Å². The summed E-state index contributed by atoms with van der Waals surface area (Å²) < 4.78 is 28.0. The molecule has 0 aliphatic carbocycles. The number of aromatic hydroxyl groups is 1. The number of alkyl halides is 1. The lowest BCUT2D eigenvalue weighted by atomic mass is 9.89. The lowest BCUT2D eigenvalue weighted by Gasteiger charge is -2.24. The molecule has 2 aliphatic rings. The van der Waals surface area contributed by atoms with Crippen LogP contribution in [0.1, 0.15) is 71.0 Å². The number of urea groups is 1. The van der Waals surface area contributed by atoms with E-state index in [4.69, 9.17) is 41.0 Å². The maximum absolute atomic E-state index is 14.5. The highest BCUT2D eigenvalue weighted by atomic mass is 35.5. The van der Waals surface area contributed by atoms with E-state index in [1.54, 1.807) is 79.4 Å². The van der Waals surface area contributed by atoms with Crippen LogP contribution in [0.25, 0.3) is 21.7 Å². The Hall–Kier alpha value is -10.3. The first-order valence-corrected chi connectivity index (χ1v) is 29.6. The van der Waals surface area contributed by atoms with Crippen molar-refractivity contribution in [2.45, 2.75) is 51.7 Å². The number of hydrogen-bond acceptors (Lipinski definition) is 17. The molecule has 2 aliphatic heterocycles. The first kappa shape index (κ1) is 66.7. The number of carbonyl (C=O) groups is 10. The number of alkyl carbamates (subject to hydrolysis) is 1. The number of primary amides is 1. The molecule has 0 saturated heterocycles. The highest BCUT2D eigenvalue weighted by Crippen LogP contribution is 2.49. The topological polar surface area (TPSA) is 353 Å². The molecule has 10 amide bonds. The van der Waals surface area contributed by atoms with Gasteiger partial charge < -0.3 is 75.5 Å². The SMILES string of the molecule is COc1cccc2c(OC(=O)N(C)CCN(C)C(=O)OCc3ccc(NC(=O)[C@H](CCCNC(N)=O)CC(=O)[C@@H](NC(=O)OCCOCCN4C(=O)C=CC4=O)C(C)C)cc3)cc3c(c12)[C@H](CCl)CN3C(=O)c1cc2cc(NC(=O)c3ccc(O)cc3)ncc2[nH]1. The van der Waals surface area contributed by atoms with E-state index in [-0.39, 0.29) is 107 Å². The zero-order valence-corrected chi connectivity index (χ0v) is 51.3. The van der Waals surface area contributed by atoms with Crippen LogP contribution in [-0.2, 0) is 40.0 Å². The number of nitrogens with zero attached hydrogens (tertiary/aromatic N) is 5. The molecule has 28 heteroatoms. The number of nitrogens with one attached hydrogen (secondary N) is 5. The van der Waals surface area contributed by atoms with Crippen LogP contribution >= 0.6 is 11.6 Å². The fourth-order valence-electron chi connectivity index (χ4n) is 10.2. The van der Waals surface area contributed by atoms with Crippen molar-refractivity contribution in [1.82, 2.24) is 35.3 Å². The molecule has 4 aromatic carbocycles. The van der Waals surface area contributed by atoms with Crippen molar-refractivity contribution >= 4 is 110 Å². The van der Waals surface area contributed by atoms with Crippen LogP contribution < -0.4 is 41.4 Å². The number of methoxy groups -OCH3 is 1. The zero-order valence-electron chi connectivity index (χ0n) is 50.6. The number of rotatable bonds is 28. The predicted octanol–water partition coefficient (Wildman–Crippen LogP) is 7.02. The number of aromatic amines is 1. The van der Waals surface area contributed by atoms with Gasteiger partial charge in [-0.3, -0.25) is 33.7 Å². The number of halogens is 1.